The Hall–Kier alpha value is -4.20. The van der Waals surface area contributed by atoms with E-state index in [0.29, 0.717) is 27.5 Å². The van der Waals surface area contributed by atoms with Crippen LogP contribution in [0.3, 0.4) is 0 Å². The van der Waals surface area contributed by atoms with Gasteiger partial charge in [-0.3, -0.25) is 14.9 Å². The molecule has 4 aromatic carbocycles. The molecule has 0 spiro atoms. The summed E-state index contributed by atoms with van der Waals surface area (Å²) < 4.78 is 0. The standard InChI is InChI=1S/C27H21ClN4O2S/c28-23-12-6-4-10-21(23)25(33)32-27(35)31-24-13-7-5-11-22(24)26(34)30-20-16-14-19(15-17-20)29-18-8-2-1-3-9-18/h1-17,29H,(H,30,34)(H2,31,32,33,35). The highest BCUT2D eigenvalue weighted by molar-refractivity contribution is 7.80. The lowest BCUT2D eigenvalue weighted by atomic mass is 10.1. The molecule has 0 heterocycles. The van der Waals surface area contributed by atoms with Gasteiger partial charge in [0.1, 0.15) is 0 Å². The molecule has 2 amide bonds. The van der Waals surface area contributed by atoms with E-state index in [0.717, 1.165) is 11.4 Å². The van der Waals surface area contributed by atoms with Gasteiger partial charge in [0.2, 0.25) is 0 Å². The molecule has 0 aliphatic heterocycles. The monoisotopic (exact) mass is 500 g/mol. The third kappa shape index (κ3) is 6.44. The van der Waals surface area contributed by atoms with Crippen molar-refractivity contribution in [2.24, 2.45) is 0 Å². The third-order valence-corrected chi connectivity index (χ3v) is 5.50. The second-order valence-electron chi connectivity index (χ2n) is 7.46. The minimum absolute atomic E-state index is 0.0477. The molecule has 0 radical (unpaired) electrons. The zero-order valence-electron chi connectivity index (χ0n) is 18.4. The van der Waals surface area contributed by atoms with E-state index in [9.17, 15) is 9.59 Å². The van der Waals surface area contributed by atoms with Gasteiger partial charge >= 0.3 is 0 Å². The minimum Gasteiger partial charge on any atom is -0.356 e. The number of carbonyl (C=O) groups excluding carboxylic acids is 2. The first-order valence-corrected chi connectivity index (χ1v) is 11.5. The fraction of sp³-hybridized carbons (Fsp3) is 0. The van der Waals surface area contributed by atoms with Crippen LogP contribution < -0.4 is 21.3 Å². The van der Waals surface area contributed by atoms with Crippen molar-refractivity contribution in [3.05, 3.63) is 119 Å². The molecule has 0 saturated carbocycles. The molecule has 4 N–H and O–H groups in total. The van der Waals surface area contributed by atoms with Gasteiger partial charge in [0.25, 0.3) is 11.8 Å². The first kappa shape index (κ1) is 23.9. The molecule has 8 heteroatoms. The first-order valence-electron chi connectivity index (χ1n) is 10.7. The van der Waals surface area contributed by atoms with E-state index >= 15 is 0 Å². The van der Waals surface area contributed by atoms with Crippen LogP contribution in [0.15, 0.2) is 103 Å². The Morgan fingerprint density at radius 3 is 1.89 bits per heavy atom. The average molecular weight is 501 g/mol. The van der Waals surface area contributed by atoms with Crippen molar-refractivity contribution in [3.8, 4) is 0 Å². The summed E-state index contributed by atoms with van der Waals surface area (Å²) in [6, 6.07) is 30.7. The maximum atomic E-state index is 13.0. The van der Waals surface area contributed by atoms with Gasteiger partial charge < -0.3 is 16.0 Å². The van der Waals surface area contributed by atoms with Crippen molar-refractivity contribution in [2.45, 2.75) is 0 Å². The van der Waals surface area contributed by atoms with Crippen LogP contribution in [0.5, 0.6) is 0 Å². The van der Waals surface area contributed by atoms with E-state index in [1.54, 1.807) is 48.5 Å². The number of benzene rings is 4. The molecule has 6 nitrogen and oxygen atoms in total. The number of para-hydroxylation sites is 2. The Bertz CT molecular complexity index is 1360. The molecule has 0 fully saturated rings. The third-order valence-electron chi connectivity index (χ3n) is 4.97. The molecule has 0 bridgehead atoms. The van der Waals surface area contributed by atoms with E-state index in [1.165, 1.54) is 0 Å². The fourth-order valence-corrected chi connectivity index (χ4v) is 3.71. The van der Waals surface area contributed by atoms with Gasteiger partial charge in [0, 0.05) is 17.1 Å². The Balaban J connectivity index is 1.40. The molecular weight excluding hydrogens is 480 g/mol. The second-order valence-corrected chi connectivity index (χ2v) is 8.27. The van der Waals surface area contributed by atoms with Crippen molar-refractivity contribution < 1.29 is 9.59 Å². The van der Waals surface area contributed by atoms with Gasteiger partial charge in [0.15, 0.2) is 5.11 Å². The normalized spacial score (nSPS) is 10.2. The highest BCUT2D eigenvalue weighted by Crippen LogP contribution is 2.21. The summed E-state index contributed by atoms with van der Waals surface area (Å²) in [6.07, 6.45) is 0. The molecular formula is C27H21ClN4O2S. The van der Waals surface area contributed by atoms with Gasteiger partial charge in [-0.1, -0.05) is 54.1 Å². The maximum Gasteiger partial charge on any atom is 0.258 e. The predicted molar refractivity (Wildman–Crippen MR) is 146 cm³/mol. The summed E-state index contributed by atoms with van der Waals surface area (Å²) in [4.78, 5) is 25.4. The van der Waals surface area contributed by atoms with Crippen LogP contribution in [0.25, 0.3) is 0 Å². The summed E-state index contributed by atoms with van der Waals surface area (Å²) >= 11 is 11.3. The predicted octanol–water partition coefficient (Wildman–Crippen LogP) is 6.46. The fourth-order valence-electron chi connectivity index (χ4n) is 3.28. The van der Waals surface area contributed by atoms with Gasteiger partial charge in [-0.25, -0.2) is 0 Å². The number of hydrogen-bond donors (Lipinski definition) is 4. The Labute approximate surface area is 213 Å². The number of nitrogens with one attached hydrogen (secondary N) is 4. The van der Waals surface area contributed by atoms with Crippen molar-refractivity contribution in [3.63, 3.8) is 0 Å². The van der Waals surface area contributed by atoms with E-state index in [2.05, 4.69) is 21.3 Å². The summed E-state index contributed by atoms with van der Waals surface area (Å²) in [5.41, 5.74) is 3.63. The van der Waals surface area contributed by atoms with Crippen LogP contribution in [0.2, 0.25) is 5.02 Å². The summed E-state index contributed by atoms with van der Waals surface area (Å²) in [5, 5.41) is 12.1. The van der Waals surface area contributed by atoms with Gasteiger partial charge in [-0.2, -0.15) is 0 Å². The molecule has 4 aromatic rings. The zero-order chi connectivity index (χ0) is 24.6. The quantitative estimate of drug-likeness (QED) is 0.228. The highest BCUT2D eigenvalue weighted by Gasteiger charge is 2.15. The van der Waals surface area contributed by atoms with Crippen molar-refractivity contribution in [1.82, 2.24) is 5.32 Å². The molecule has 174 valence electrons. The largest absolute Gasteiger partial charge is 0.356 e. The van der Waals surface area contributed by atoms with E-state index < -0.39 is 5.91 Å². The molecule has 4 rings (SSSR count). The number of rotatable bonds is 6. The van der Waals surface area contributed by atoms with Crippen molar-refractivity contribution >= 4 is 63.5 Å². The van der Waals surface area contributed by atoms with Crippen LogP contribution in [-0.2, 0) is 0 Å². The first-order chi connectivity index (χ1) is 17.0. The lowest BCUT2D eigenvalue weighted by molar-refractivity contribution is 0.0976. The number of hydrogen-bond acceptors (Lipinski definition) is 4. The van der Waals surface area contributed by atoms with Gasteiger partial charge in [0.05, 0.1) is 21.8 Å². The molecule has 0 atom stereocenters. The van der Waals surface area contributed by atoms with Crippen LogP contribution >= 0.6 is 23.8 Å². The Morgan fingerprint density at radius 2 is 1.17 bits per heavy atom. The molecule has 0 aromatic heterocycles. The molecule has 0 aliphatic carbocycles. The molecule has 35 heavy (non-hydrogen) atoms. The highest BCUT2D eigenvalue weighted by atomic mass is 35.5. The molecule has 0 unspecified atom stereocenters. The molecule has 0 aliphatic rings. The van der Waals surface area contributed by atoms with Crippen LogP contribution in [-0.4, -0.2) is 16.9 Å². The molecule has 0 saturated heterocycles. The number of halogens is 1. The number of anilines is 4. The average Bonchev–Trinajstić information content (AvgIpc) is 2.86. The van der Waals surface area contributed by atoms with Crippen molar-refractivity contribution in [1.29, 1.82) is 0 Å². The summed E-state index contributed by atoms with van der Waals surface area (Å²) in [6.45, 7) is 0. The minimum atomic E-state index is -0.445. The SMILES string of the molecule is O=C(NC(=S)Nc1ccccc1C(=O)Nc1ccc(Nc2ccccc2)cc1)c1ccccc1Cl. The number of amides is 2. The number of carbonyl (C=O) groups is 2. The zero-order valence-corrected chi connectivity index (χ0v) is 20.0. The topological polar surface area (TPSA) is 82.3 Å². The van der Waals surface area contributed by atoms with Crippen LogP contribution in [0.4, 0.5) is 22.7 Å². The lowest BCUT2D eigenvalue weighted by Crippen LogP contribution is -2.34. The van der Waals surface area contributed by atoms with Crippen LogP contribution in [0, 0.1) is 0 Å². The second kappa shape index (κ2) is 11.3. The van der Waals surface area contributed by atoms with Gasteiger partial charge in [-0.15, -0.1) is 0 Å². The smallest absolute Gasteiger partial charge is 0.258 e. The Kier molecular flexibility index (Phi) is 7.72. The summed E-state index contributed by atoms with van der Waals surface area (Å²) in [7, 11) is 0. The number of thiocarbonyl (C=S) groups is 1. The van der Waals surface area contributed by atoms with Gasteiger partial charge in [-0.05, 0) is 72.9 Å². The Morgan fingerprint density at radius 1 is 0.600 bits per heavy atom. The van der Waals surface area contributed by atoms with Crippen molar-refractivity contribution in [2.75, 3.05) is 16.0 Å². The van der Waals surface area contributed by atoms with Crippen LogP contribution in [0.1, 0.15) is 20.7 Å². The lowest BCUT2D eigenvalue weighted by Gasteiger charge is -2.14. The summed E-state index contributed by atoms with van der Waals surface area (Å²) in [5.74, 6) is -0.767. The maximum absolute atomic E-state index is 13.0. The van der Waals surface area contributed by atoms with E-state index in [-0.39, 0.29) is 11.0 Å². The van der Waals surface area contributed by atoms with E-state index in [4.69, 9.17) is 23.8 Å². The van der Waals surface area contributed by atoms with E-state index in [1.807, 2.05) is 54.6 Å².